The van der Waals surface area contributed by atoms with Crippen LogP contribution in [0.1, 0.15) is 36.6 Å². The number of hydrogen-bond donors (Lipinski definition) is 2. The molecule has 2 N–H and O–H groups in total. The normalized spacial score (nSPS) is 11.1. The maximum atomic E-state index is 8.99. The summed E-state index contributed by atoms with van der Waals surface area (Å²) in [6.45, 7) is 6.48. The van der Waals surface area contributed by atoms with E-state index in [2.05, 4.69) is 48.9 Å². The minimum absolute atomic E-state index is 0.0282. The molecule has 1 aromatic carbocycles. The number of aromatic nitrogens is 2. The Balaban J connectivity index is 2.37. The maximum Gasteiger partial charge on any atom is 0.137 e. The van der Waals surface area contributed by atoms with Crippen LogP contribution in [0.2, 0.25) is 0 Å². The quantitative estimate of drug-likeness (QED) is 0.851. The van der Waals surface area contributed by atoms with Gasteiger partial charge in [-0.25, -0.2) is 4.98 Å². The minimum Gasteiger partial charge on any atom is -0.390 e. The number of benzene rings is 1. The SMILES string of the molecule is Cc1cc(-c2nc(CO)c[nH]2)ccc1C(C)C. The van der Waals surface area contributed by atoms with Gasteiger partial charge in [0.1, 0.15) is 5.82 Å². The van der Waals surface area contributed by atoms with Crippen molar-refractivity contribution in [2.45, 2.75) is 33.3 Å². The Morgan fingerprint density at radius 1 is 1.35 bits per heavy atom. The number of aliphatic hydroxyl groups excluding tert-OH is 1. The molecule has 90 valence electrons. The fourth-order valence-corrected chi connectivity index (χ4v) is 2.06. The van der Waals surface area contributed by atoms with Crippen molar-refractivity contribution in [2.75, 3.05) is 0 Å². The molecule has 3 nitrogen and oxygen atoms in total. The number of nitrogens with zero attached hydrogens (tertiary/aromatic N) is 1. The zero-order valence-corrected chi connectivity index (χ0v) is 10.5. The monoisotopic (exact) mass is 230 g/mol. The van der Waals surface area contributed by atoms with Crippen LogP contribution in [0.4, 0.5) is 0 Å². The van der Waals surface area contributed by atoms with Gasteiger partial charge in [-0.3, -0.25) is 0 Å². The summed E-state index contributed by atoms with van der Waals surface area (Å²) >= 11 is 0. The van der Waals surface area contributed by atoms with Crippen molar-refractivity contribution < 1.29 is 5.11 Å². The summed E-state index contributed by atoms with van der Waals surface area (Å²) in [7, 11) is 0. The second-order valence-corrected chi connectivity index (χ2v) is 4.62. The first-order chi connectivity index (χ1) is 8.11. The summed E-state index contributed by atoms with van der Waals surface area (Å²) in [5.74, 6) is 1.35. The van der Waals surface area contributed by atoms with Crippen LogP contribution in [0.15, 0.2) is 24.4 Å². The van der Waals surface area contributed by atoms with Gasteiger partial charge in [0.15, 0.2) is 0 Å². The summed E-state index contributed by atoms with van der Waals surface area (Å²) in [5.41, 5.74) is 4.37. The fourth-order valence-electron chi connectivity index (χ4n) is 2.06. The van der Waals surface area contributed by atoms with Gasteiger partial charge in [0.2, 0.25) is 0 Å². The lowest BCUT2D eigenvalue weighted by molar-refractivity contribution is 0.277. The van der Waals surface area contributed by atoms with Gasteiger partial charge in [-0.2, -0.15) is 0 Å². The average Bonchev–Trinajstić information content (AvgIpc) is 2.76. The molecule has 0 aliphatic rings. The fraction of sp³-hybridized carbons (Fsp3) is 0.357. The molecule has 0 fully saturated rings. The first-order valence-corrected chi connectivity index (χ1v) is 5.88. The van der Waals surface area contributed by atoms with Crippen molar-refractivity contribution in [3.05, 3.63) is 41.2 Å². The maximum absolute atomic E-state index is 8.99. The highest BCUT2D eigenvalue weighted by molar-refractivity contribution is 5.58. The van der Waals surface area contributed by atoms with E-state index in [0.717, 1.165) is 11.4 Å². The predicted molar refractivity (Wildman–Crippen MR) is 68.8 cm³/mol. The zero-order chi connectivity index (χ0) is 12.4. The van der Waals surface area contributed by atoms with Gasteiger partial charge in [-0.05, 0) is 30.0 Å². The Kier molecular flexibility index (Phi) is 3.29. The number of H-pyrrole nitrogens is 1. The van der Waals surface area contributed by atoms with E-state index in [0.29, 0.717) is 11.6 Å². The van der Waals surface area contributed by atoms with Crippen LogP contribution in [0.25, 0.3) is 11.4 Å². The highest BCUT2D eigenvalue weighted by Crippen LogP contribution is 2.24. The predicted octanol–water partition coefficient (Wildman–Crippen LogP) is 3.00. The van der Waals surface area contributed by atoms with Gasteiger partial charge in [0, 0.05) is 11.8 Å². The average molecular weight is 230 g/mol. The molecule has 0 atom stereocenters. The lowest BCUT2D eigenvalue weighted by Crippen LogP contribution is -1.93. The van der Waals surface area contributed by atoms with Gasteiger partial charge in [0.05, 0.1) is 12.3 Å². The molecule has 1 heterocycles. The molecule has 1 aromatic heterocycles. The number of hydrogen-bond acceptors (Lipinski definition) is 2. The van der Waals surface area contributed by atoms with Crippen molar-refractivity contribution in [3.8, 4) is 11.4 Å². The molecule has 0 saturated carbocycles. The Labute approximate surface area is 102 Å². The lowest BCUT2D eigenvalue weighted by Gasteiger charge is -2.10. The molecule has 0 spiro atoms. The molecule has 0 aliphatic heterocycles. The molecule has 0 unspecified atom stereocenters. The lowest BCUT2D eigenvalue weighted by atomic mass is 9.96. The van der Waals surface area contributed by atoms with Crippen molar-refractivity contribution >= 4 is 0 Å². The van der Waals surface area contributed by atoms with Gasteiger partial charge in [0.25, 0.3) is 0 Å². The number of aryl methyl sites for hydroxylation is 1. The smallest absolute Gasteiger partial charge is 0.137 e. The number of aromatic amines is 1. The molecule has 3 heteroatoms. The summed E-state index contributed by atoms with van der Waals surface area (Å²) in [6, 6.07) is 6.36. The van der Waals surface area contributed by atoms with Gasteiger partial charge in [-0.15, -0.1) is 0 Å². The number of imidazole rings is 1. The Hall–Kier alpha value is -1.61. The van der Waals surface area contributed by atoms with Crippen LogP contribution in [0.3, 0.4) is 0 Å². The van der Waals surface area contributed by atoms with Crippen LogP contribution in [0, 0.1) is 6.92 Å². The van der Waals surface area contributed by atoms with Gasteiger partial charge in [-0.1, -0.05) is 26.0 Å². The number of rotatable bonds is 3. The molecule has 0 saturated heterocycles. The van der Waals surface area contributed by atoms with Crippen LogP contribution >= 0.6 is 0 Å². The van der Waals surface area contributed by atoms with E-state index in [4.69, 9.17) is 5.11 Å². The van der Waals surface area contributed by atoms with E-state index in [1.54, 1.807) is 6.20 Å². The van der Waals surface area contributed by atoms with E-state index in [9.17, 15) is 0 Å². The Morgan fingerprint density at radius 2 is 2.12 bits per heavy atom. The molecule has 2 rings (SSSR count). The second-order valence-electron chi connectivity index (χ2n) is 4.62. The number of aliphatic hydroxyl groups is 1. The van der Waals surface area contributed by atoms with Crippen molar-refractivity contribution in [3.63, 3.8) is 0 Å². The number of nitrogens with one attached hydrogen (secondary N) is 1. The molecule has 17 heavy (non-hydrogen) atoms. The van der Waals surface area contributed by atoms with Crippen LogP contribution in [-0.4, -0.2) is 15.1 Å². The second kappa shape index (κ2) is 4.72. The van der Waals surface area contributed by atoms with Gasteiger partial charge >= 0.3 is 0 Å². The van der Waals surface area contributed by atoms with E-state index in [1.807, 2.05) is 0 Å². The largest absolute Gasteiger partial charge is 0.390 e. The first kappa shape index (κ1) is 11.9. The van der Waals surface area contributed by atoms with E-state index in [-0.39, 0.29) is 6.61 Å². The van der Waals surface area contributed by atoms with Crippen LogP contribution in [-0.2, 0) is 6.61 Å². The Morgan fingerprint density at radius 3 is 2.65 bits per heavy atom. The summed E-state index contributed by atoms with van der Waals surface area (Å²) in [6.07, 6.45) is 1.74. The van der Waals surface area contributed by atoms with Crippen molar-refractivity contribution in [1.82, 2.24) is 9.97 Å². The third-order valence-electron chi connectivity index (χ3n) is 2.96. The summed E-state index contributed by atoms with van der Waals surface area (Å²) in [4.78, 5) is 7.39. The molecule has 0 aliphatic carbocycles. The third kappa shape index (κ3) is 2.39. The zero-order valence-electron chi connectivity index (χ0n) is 10.5. The van der Waals surface area contributed by atoms with E-state index in [1.165, 1.54) is 11.1 Å². The van der Waals surface area contributed by atoms with Gasteiger partial charge < -0.3 is 10.1 Å². The molecular formula is C14H18N2O. The third-order valence-corrected chi connectivity index (χ3v) is 2.96. The highest BCUT2D eigenvalue weighted by Gasteiger charge is 2.07. The molecule has 2 aromatic rings. The van der Waals surface area contributed by atoms with E-state index < -0.39 is 0 Å². The molecule has 0 radical (unpaired) electrons. The van der Waals surface area contributed by atoms with Crippen LogP contribution < -0.4 is 0 Å². The standard InChI is InChI=1S/C14H18N2O/c1-9(2)13-5-4-11(6-10(13)3)14-15-7-12(8-17)16-14/h4-7,9,17H,8H2,1-3H3,(H,15,16). The van der Waals surface area contributed by atoms with Crippen molar-refractivity contribution in [1.29, 1.82) is 0 Å². The summed E-state index contributed by atoms with van der Waals surface area (Å²) in [5, 5.41) is 8.99. The highest BCUT2D eigenvalue weighted by atomic mass is 16.3. The molecular weight excluding hydrogens is 212 g/mol. The molecule has 0 bridgehead atoms. The Bertz CT molecular complexity index is 515. The van der Waals surface area contributed by atoms with E-state index >= 15 is 0 Å². The molecule has 0 amide bonds. The van der Waals surface area contributed by atoms with Crippen LogP contribution in [0.5, 0.6) is 0 Å². The first-order valence-electron chi connectivity index (χ1n) is 5.88. The van der Waals surface area contributed by atoms with Crippen molar-refractivity contribution in [2.24, 2.45) is 0 Å². The minimum atomic E-state index is -0.0282. The summed E-state index contributed by atoms with van der Waals surface area (Å²) < 4.78 is 0. The topological polar surface area (TPSA) is 48.9 Å².